The van der Waals surface area contributed by atoms with Gasteiger partial charge >= 0.3 is 5.97 Å². The van der Waals surface area contributed by atoms with Crippen LogP contribution < -0.4 is 5.73 Å². The molecule has 0 aliphatic heterocycles. The fourth-order valence-electron chi connectivity index (χ4n) is 2.02. The second-order valence-corrected chi connectivity index (χ2v) is 4.32. The van der Waals surface area contributed by atoms with Crippen molar-refractivity contribution in [3.63, 3.8) is 0 Å². The van der Waals surface area contributed by atoms with Crippen molar-refractivity contribution in [3.05, 3.63) is 42.1 Å². The first kappa shape index (κ1) is 12.5. The monoisotopic (exact) mass is 244 g/mol. The van der Waals surface area contributed by atoms with E-state index in [2.05, 4.69) is 11.1 Å². The number of aryl methyl sites for hydroxylation is 1. The van der Waals surface area contributed by atoms with Crippen LogP contribution in [0.2, 0.25) is 0 Å². The van der Waals surface area contributed by atoms with Crippen molar-refractivity contribution in [1.29, 1.82) is 0 Å². The van der Waals surface area contributed by atoms with Crippen molar-refractivity contribution in [1.82, 2.24) is 4.98 Å². The average Bonchev–Trinajstić information content (AvgIpc) is 2.38. The molecule has 0 saturated heterocycles. The Morgan fingerprint density at radius 3 is 2.94 bits per heavy atom. The predicted octanol–water partition coefficient (Wildman–Crippen LogP) is 1.97. The van der Waals surface area contributed by atoms with Gasteiger partial charge in [-0.3, -0.25) is 9.78 Å². The summed E-state index contributed by atoms with van der Waals surface area (Å²) in [7, 11) is 0. The molecule has 0 saturated carbocycles. The Morgan fingerprint density at radius 2 is 2.17 bits per heavy atom. The van der Waals surface area contributed by atoms with Gasteiger partial charge in [-0.25, -0.2) is 0 Å². The van der Waals surface area contributed by atoms with E-state index in [0.717, 1.165) is 23.7 Å². The van der Waals surface area contributed by atoms with E-state index >= 15 is 0 Å². The third-order valence-electron chi connectivity index (χ3n) is 3.01. The molecule has 3 N–H and O–H groups in total. The van der Waals surface area contributed by atoms with Crippen LogP contribution in [0.1, 0.15) is 18.4 Å². The van der Waals surface area contributed by atoms with Crippen molar-refractivity contribution in [2.45, 2.75) is 25.3 Å². The number of nitrogens with zero attached hydrogens (tertiary/aromatic N) is 1. The van der Waals surface area contributed by atoms with Crippen LogP contribution in [0, 0.1) is 0 Å². The second kappa shape index (κ2) is 5.60. The van der Waals surface area contributed by atoms with E-state index in [-0.39, 0.29) is 0 Å². The maximum absolute atomic E-state index is 10.6. The summed E-state index contributed by atoms with van der Waals surface area (Å²) in [5.74, 6) is -0.936. The lowest BCUT2D eigenvalue weighted by Crippen LogP contribution is -2.29. The van der Waals surface area contributed by atoms with E-state index in [1.807, 2.05) is 24.3 Å². The first-order chi connectivity index (χ1) is 8.68. The minimum absolute atomic E-state index is 0.492. The Hall–Kier alpha value is -1.94. The van der Waals surface area contributed by atoms with Crippen LogP contribution in [-0.4, -0.2) is 22.1 Å². The van der Waals surface area contributed by atoms with Crippen LogP contribution in [0.25, 0.3) is 10.9 Å². The third-order valence-corrected chi connectivity index (χ3v) is 3.01. The van der Waals surface area contributed by atoms with Gasteiger partial charge in [0.25, 0.3) is 0 Å². The summed E-state index contributed by atoms with van der Waals surface area (Å²) < 4.78 is 0. The summed E-state index contributed by atoms with van der Waals surface area (Å²) in [4.78, 5) is 14.9. The largest absolute Gasteiger partial charge is 0.480 e. The van der Waals surface area contributed by atoms with Gasteiger partial charge in [0, 0.05) is 11.6 Å². The SMILES string of the molecule is N[C@@H](CCCc1cccc2ncccc12)C(=O)O. The van der Waals surface area contributed by atoms with Crippen LogP contribution in [0.4, 0.5) is 0 Å². The minimum Gasteiger partial charge on any atom is -0.480 e. The Kier molecular flexibility index (Phi) is 3.89. The fraction of sp³-hybridized carbons (Fsp3) is 0.286. The van der Waals surface area contributed by atoms with Crippen molar-refractivity contribution >= 4 is 16.9 Å². The molecule has 94 valence electrons. The van der Waals surface area contributed by atoms with Crippen molar-refractivity contribution in [2.75, 3.05) is 0 Å². The van der Waals surface area contributed by atoms with Gasteiger partial charge in [-0.15, -0.1) is 0 Å². The number of nitrogens with two attached hydrogens (primary N) is 1. The number of pyridine rings is 1. The summed E-state index contributed by atoms with van der Waals surface area (Å²) in [6, 6.07) is 9.18. The van der Waals surface area contributed by atoms with Gasteiger partial charge in [0.15, 0.2) is 0 Å². The molecule has 2 aromatic rings. The lowest BCUT2D eigenvalue weighted by molar-refractivity contribution is -0.138. The van der Waals surface area contributed by atoms with Crippen LogP contribution in [0.5, 0.6) is 0 Å². The third kappa shape index (κ3) is 2.84. The molecule has 0 aliphatic carbocycles. The summed E-state index contributed by atoms with van der Waals surface area (Å²) in [5, 5.41) is 9.84. The predicted molar refractivity (Wildman–Crippen MR) is 70.3 cm³/mol. The zero-order chi connectivity index (χ0) is 13.0. The minimum atomic E-state index is -0.936. The van der Waals surface area contributed by atoms with Gasteiger partial charge < -0.3 is 10.8 Å². The van der Waals surface area contributed by atoms with E-state index in [1.165, 1.54) is 5.56 Å². The standard InChI is InChI=1S/C14H16N2O2/c15-12(14(17)18)7-1-4-10-5-2-8-13-11(10)6-3-9-16-13/h2-3,5-6,8-9,12H,1,4,7,15H2,(H,17,18)/t12-/m0/s1. The number of hydrogen-bond donors (Lipinski definition) is 2. The van der Waals surface area contributed by atoms with Crippen LogP contribution in [0.15, 0.2) is 36.5 Å². The fourth-order valence-corrected chi connectivity index (χ4v) is 2.02. The summed E-state index contributed by atoms with van der Waals surface area (Å²) in [6.07, 6.45) is 3.85. The van der Waals surface area contributed by atoms with E-state index < -0.39 is 12.0 Å². The van der Waals surface area contributed by atoms with Gasteiger partial charge in [-0.05, 0) is 37.0 Å². The lowest BCUT2D eigenvalue weighted by Gasteiger charge is -2.08. The first-order valence-corrected chi connectivity index (χ1v) is 5.99. The molecule has 1 aromatic heterocycles. The molecule has 1 aromatic carbocycles. The Bertz CT molecular complexity index is 549. The molecule has 0 unspecified atom stereocenters. The van der Waals surface area contributed by atoms with Crippen LogP contribution >= 0.6 is 0 Å². The van der Waals surface area contributed by atoms with Crippen LogP contribution in [0.3, 0.4) is 0 Å². The first-order valence-electron chi connectivity index (χ1n) is 5.99. The molecule has 0 spiro atoms. The number of carboxylic acid groups (broad SMARTS) is 1. The number of fused-ring (bicyclic) bond motifs is 1. The van der Waals surface area contributed by atoms with Crippen LogP contribution in [-0.2, 0) is 11.2 Å². The van der Waals surface area contributed by atoms with E-state index in [9.17, 15) is 4.79 Å². The molecule has 0 radical (unpaired) electrons. The smallest absolute Gasteiger partial charge is 0.320 e. The molecular weight excluding hydrogens is 228 g/mol. The average molecular weight is 244 g/mol. The Balaban J connectivity index is 2.06. The molecule has 2 rings (SSSR count). The molecule has 1 atom stereocenters. The summed E-state index contributed by atoms with van der Waals surface area (Å²) in [5.41, 5.74) is 7.64. The van der Waals surface area contributed by atoms with Gasteiger partial charge in [-0.1, -0.05) is 18.2 Å². The normalized spacial score (nSPS) is 12.5. The second-order valence-electron chi connectivity index (χ2n) is 4.32. The highest BCUT2D eigenvalue weighted by molar-refractivity contribution is 5.81. The Morgan fingerprint density at radius 1 is 1.33 bits per heavy atom. The number of aliphatic carboxylic acids is 1. The highest BCUT2D eigenvalue weighted by atomic mass is 16.4. The van der Waals surface area contributed by atoms with Gasteiger partial charge in [0.2, 0.25) is 0 Å². The highest BCUT2D eigenvalue weighted by Crippen LogP contribution is 2.18. The Labute approximate surface area is 105 Å². The number of rotatable bonds is 5. The molecule has 0 aliphatic rings. The van der Waals surface area contributed by atoms with Gasteiger partial charge in [0.05, 0.1) is 5.52 Å². The molecule has 1 heterocycles. The molecule has 4 nitrogen and oxygen atoms in total. The zero-order valence-corrected chi connectivity index (χ0v) is 10.0. The van der Waals surface area contributed by atoms with Crippen molar-refractivity contribution in [3.8, 4) is 0 Å². The molecule has 4 heteroatoms. The lowest BCUT2D eigenvalue weighted by atomic mass is 10.0. The van der Waals surface area contributed by atoms with Crippen molar-refractivity contribution in [2.24, 2.45) is 5.73 Å². The number of aromatic nitrogens is 1. The topological polar surface area (TPSA) is 76.2 Å². The zero-order valence-electron chi connectivity index (χ0n) is 10.0. The molecule has 0 amide bonds. The van der Waals surface area contributed by atoms with E-state index in [1.54, 1.807) is 6.20 Å². The van der Waals surface area contributed by atoms with E-state index in [0.29, 0.717) is 6.42 Å². The summed E-state index contributed by atoms with van der Waals surface area (Å²) in [6.45, 7) is 0. The quantitative estimate of drug-likeness (QED) is 0.843. The molecule has 0 fully saturated rings. The molecule has 18 heavy (non-hydrogen) atoms. The maximum atomic E-state index is 10.6. The number of carboxylic acids is 1. The number of hydrogen-bond acceptors (Lipinski definition) is 3. The van der Waals surface area contributed by atoms with E-state index in [4.69, 9.17) is 10.8 Å². The summed E-state index contributed by atoms with van der Waals surface area (Å²) >= 11 is 0. The maximum Gasteiger partial charge on any atom is 0.320 e. The number of carbonyl (C=O) groups is 1. The number of benzene rings is 1. The van der Waals surface area contributed by atoms with Crippen molar-refractivity contribution < 1.29 is 9.90 Å². The van der Waals surface area contributed by atoms with Gasteiger partial charge in [0.1, 0.15) is 6.04 Å². The molecular formula is C14H16N2O2. The highest BCUT2D eigenvalue weighted by Gasteiger charge is 2.10. The van der Waals surface area contributed by atoms with Gasteiger partial charge in [-0.2, -0.15) is 0 Å². The molecule has 0 bridgehead atoms.